The Morgan fingerprint density at radius 1 is 1.56 bits per heavy atom. The van der Waals surface area contributed by atoms with E-state index in [-0.39, 0.29) is 23.7 Å². The fourth-order valence-electron chi connectivity index (χ4n) is 2.40. The minimum absolute atomic E-state index is 0.128. The van der Waals surface area contributed by atoms with Gasteiger partial charge in [-0.05, 0) is 19.3 Å². The van der Waals surface area contributed by atoms with E-state index < -0.39 is 5.82 Å². The summed E-state index contributed by atoms with van der Waals surface area (Å²) >= 11 is 0. The van der Waals surface area contributed by atoms with Crippen molar-refractivity contribution < 1.29 is 9.18 Å². The van der Waals surface area contributed by atoms with Crippen LogP contribution >= 0.6 is 0 Å². The van der Waals surface area contributed by atoms with Crippen molar-refractivity contribution >= 4 is 11.7 Å². The Labute approximate surface area is 105 Å². The van der Waals surface area contributed by atoms with Crippen molar-refractivity contribution in [3.05, 3.63) is 17.8 Å². The van der Waals surface area contributed by atoms with Crippen LogP contribution in [0.2, 0.25) is 0 Å². The quantitative estimate of drug-likeness (QED) is 0.845. The first-order valence-electron chi connectivity index (χ1n) is 6.18. The highest BCUT2D eigenvalue weighted by Gasteiger charge is 2.32. The average Bonchev–Trinajstić information content (AvgIpc) is 2.80. The summed E-state index contributed by atoms with van der Waals surface area (Å²) in [6.07, 6.45) is 4.31. The van der Waals surface area contributed by atoms with E-state index in [1.807, 2.05) is 6.92 Å². The van der Waals surface area contributed by atoms with Crippen molar-refractivity contribution in [3.63, 3.8) is 0 Å². The maximum atomic E-state index is 14.0. The zero-order valence-corrected chi connectivity index (χ0v) is 10.3. The predicted molar refractivity (Wildman–Crippen MR) is 65.3 cm³/mol. The molecule has 1 saturated carbocycles. The van der Waals surface area contributed by atoms with E-state index in [0.717, 1.165) is 19.3 Å². The molecular formula is C12H17FN4O. The van der Waals surface area contributed by atoms with Crippen LogP contribution in [0.1, 0.15) is 31.9 Å². The molecule has 0 radical (unpaired) electrons. The van der Waals surface area contributed by atoms with Gasteiger partial charge >= 0.3 is 0 Å². The number of carbonyl (C=O) groups excluding carboxylic acids is 1. The maximum absolute atomic E-state index is 14.0. The van der Waals surface area contributed by atoms with Gasteiger partial charge in [0.1, 0.15) is 6.33 Å². The number of rotatable bonds is 4. The van der Waals surface area contributed by atoms with Crippen molar-refractivity contribution in [3.8, 4) is 0 Å². The number of anilines is 1. The van der Waals surface area contributed by atoms with E-state index in [1.54, 1.807) is 0 Å². The third-order valence-electron chi connectivity index (χ3n) is 3.40. The second-order valence-corrected chi connectivity index (χ2v) is 4.53. The lowest BCUT2D eigenvalue weighted by Gasteiger charge is -2.19. The molecule has 0 aromatic carbocycles. The Hall–Kier alpha value is -1.72. The zero-order chi connectivity index (χ0) is 13.1. The summed E-state index contributed by atoms with van der Waals surface area (Å²) in [5, 5.41) is 2.99. The van der Waals surface area contributed by atoms with Crippen molar-refractivity contribution in [2.75, 3.05) is 5.32 Å². The molecule has 5 nitrogen and oxygen atoms in total. The van der Waals surface area contributed by atoms with E-state index in [4.69, 9.17) is 5.73 Å². The molecule has 6 heteroatoms. The van der Waals surface area contributed by atoms with Crippen molar-refractivity contribution in [2.45, 2.75) is 38.6 Å². The lowest BCUT2D eigenvalue weighted by Crippen LogP contribution is -2.34. The number of nitrogens with zero attached hydrogens (tertiary/aromatic N) is 2. The van der Waals surface area contributed by atoms with Gasteiger partial charge in [-0.1, -0.05) is 13.3 Å². The molecule has 2 atom stereocenters. The number of aromatic nitrogens is 2. The first kappa shape index (κ1) is 12.7. The number of nitrogens with two attached hydrogens (primary N) is 1. The molecule has 0 bridgehead atoms. The summed E-state index contributed by atoms with van der Waals surface area (Å²) in [4.78, 5) is 19.0. The van der Waals surface area contributed by atoms with Gasteiger partial charge in [0.05, 0.1) is 11.6 Å². The highest BCUT2D eigenvalue weighted by atomic mass is 19.1. The van der Waals surface area contributed by atoms with Crippen LogP contribution < -0.4 is 11.1 Å². The smallest absolute Gasteiger partial charge is 0.222 e. The first-order valence-corrected chi connectivity index (χ1v) is 6.18. The van der Waals surface area contributed by atoms with E-state index in [2.05, 4.69) is 15.3 Å². The number of hydrogen-bond donors (Lipinski definition) is 2. The molecule has 1 amide bonds. The van der Waals surface area contributed by atoms with Crippen LogP contribution in [0.5, 0.6) is 0 Å². The Kier molecular flexibility index (Phi) is 3.74. The monoisotopic (exact) mass is 252 g/mol. The number of carbonyl (C=O) groups is 1. The van der Waals surface area contributed by atoms with E-state index in [0.29, 0.717) is 12.1 Å². The average molecular weight is 252 g/mol. The minimum Gasteiger partial charge on any atom is -0.369 e. The molecule has 0 saturated heterocycles. The van der Waals surface area contributed by atoms with Gasteiger partial charge in [0.25, 0.3) is 0 Å². The number of halogens is 1. The van der Waals surface area contributed by atoms with E-state index >= 15 is 0 Å². The number of primary amides is 1. The summed E-state index contributed by atoms with van der Waals surface area (Å²) < 4.78 is 14.0. The first-order chi connectivity index (χ1) is 8.63. The van der Waals surface area contributed by atoms with E-state index in [1.165, 1.54) is 6.33 Å². The van der Waals surface area contributed by atoms with Crippen LogP contribution in [0.15, 0.2) is 6.33 Å². The Bertz CT molecular complexity index is 452. The maximum Gasteiger partial charge on any atom is 0.222 e. The van der Waals surface area contributed by atoms with E-state index in [9.17, 15) is 9.18 Å². The molecule has 1 aromatic rings. The van der Waals surface area contributed by atoms with Crippen molar-refractivity contribution in [2.24, 2.45) is 11.7 Å². The minimum atomic E-state index is -0.435. The molecule has 18 heavy (non-hydrogen) atoms. The van der Waals surface area contributed by atoms with Gasteiger partial charge in [0.2, 0.25) is 5.91 Å². The lowest BCUT2D eigenvalue weighted by atomic mass is 10.0. The van der Waals surface area contributed by atoms with Gasteiger partial charge in [-0.2, -0.15) is 0 Å². The molecule has 1 aliphatic rings. The zero-order valence-electron chi connectivity index (χ0n) is 10.3. The fraction of sp³-hybridized carbons (Fsp3) is 0.583. The van der Waals surface area contributed by atoms with Crippen LogP contribution in [-0.2, 0) is 11.2 Å². The van der Waals surface area contributed by atoms with Crippen LogP contribution in [0.4, 0.5) is 10.2 Å². The molecular weight excluding hydrogens is 235 g/mol. The second kappa shape index (κ2) is 5.29. The molecule has 2 rings (SSSR count). The number of aryl methyl sites for hydroxylation is 1. The molecule has 0 spiro atoms. The summed E-state index contributed by atoms with van der Waals surface area (Å²) in [5.41, 5.74) is 5.71. The Morgan fingerprint density at radius 3 is 3.00 bits per heavy atom. The predicted octanol–water partition coefficient (Wildman–Crippen LogP) is 1.24. The van der Waals surface area contributed by atoms with Gasteiger partial charge in [0.15, 0.2) is 11.6 Å². The largest absolute Gasteiger partial charge is 0.369 e. The van der Waals surface area contributed by atoms with Crippen molar-refractivity contribution in [1.29, 1.82) is 0 Å². The SMILES string of the molecule is CCc1ncnc(NC2CCCC2C(N)=O)c1F. The van der Waals surface area contributed by atoms with Gasteiger partial charge in [-0.3, -0.25) is 4.79 Å². The Morgan fingerprint density at radius 2 is 2.33 bits per heavy atom. The fourth-order valence-corrected chi connectivity index (χ4v) is 2.40. The van der Waals surface area contributed by atoms with Crippen LogP contribution in [0.3, 0.4) is 0 Å². The van der Waals surface area contributed by atoms with Gasteiger partial charge in [-0.15, -0.1) is 0 Å². The molecule has 1 aliphatic carbocycles. The van der Waals surface area contributed by atoms with Crippen LogP contribution in [0.25, 0.3) is 0 Å². The molecule has 1 heterocycles. The topological polar surface area (TPSA) is 80.9 Å². The number of amides is 1. The molecule has 98 valence electrons. The number of nitrogens with one attached hydrogen (secondary N) is 1. The van der Waals surface area contributed by atoms with Gasteiger partial charge in [-0.25, -0.2) is 14.4 Å². The second-order valence-electron chi connectivity index (χ2n) is 4.53. The third kappa shape index (κ3) is 2.42. The molecule has 1 aromatic heterocycles. The summed E-state index contributed by atoms with van der Waals surface area (Å²) in [6.45, 7) is 1.83. The standard InChI is InChI=1S/C12H17FN4O/c1-2-8-10(13)12(16-6-15-8)17-9-5-3-4-7(9)11(14)18/h6-7,9H,2-5H2,1H3,(H2,14,18)(H,15,16,17). The summed E-state index contributed by atoms with van der Waals surface area (Å²) in [7, 11) is 0. The summed E-state index contributed by atoms with van der Waals surface area (Å²) in [6, 6.07) is -0.128. The van der Waals surface area contributed by atoms with Gasteiger partial charge < -0.3 is 11.1 Å². The number of hydrogen-bond acceptors (Lipinski definition) is 4. The van der Waals surface area contributed by atoms with Crippen LogP contribution in [0, 0.1) is 11.7 Å². The molecule has 3 N–H and O–H groups in total. The Balaban J connectivity index is 2.16. The molecule has 2 unspecified atom stereocenters. The molecule has 0 aliphatic heterocycles. The third-order valence-corrected chi connectivity index (χ3v) is 3.40. The lowest BCUT2D eigenvalue weighted by molar-refractivity contribution is -0.121. The summed E-state index contributed by atoms with van der Waals surface area (Å²) in [5.74, 6) is -0.852. The highest BCUT2D eigenvalue weighted by molar-refractivity contribution is 5.78. The molecule has 1 fully saturated rings. The van der Waals surface area contributed by atoms with Crippen LogP contribution in [-0.4, -0.2) is 21.9 Å². The van der Waals surface area contributed by atoms with Gasteiger partial charge in [0, 0.05) is 6.04 Å². The highest BCUT2D eigenvalue weighted by Crippen LogP contribution is 2.28. The normalized spacial score (nSPS) is 23.0. The van der Waals surface area contributed by atoms with Crippen molar-refractivity contribution in [1.82, 2.24) is 9.97 Å².